The quantitative estimate of drug-likeness (QED) is 0.791. The van der Waals surface area contributed by atoms with Crippen LogP contribution in [-0.4, -0.2) is 37.8 Å². The van der Waals surface area contributed by atoms with Crippen LogP contribution in [0.4, 0.5) is 0 Å². The number of sulfonamides is 1. The molecule has 0 aromatic heterocycles. The number of benzene rings is 1. The van der Waals surface area contributed by atoms with Gasteiger partial charge in [-0.3, -0.25) is 4.79 Å². The number of nitrogens with two attached hydrogens (primary N) is 1. The molecule has 1 heterocycles. The van der Waals surface area contributed by atoms with Crippen LogP contribution in [0.5, 0.6) is 0 Å². The lowest BCUT2D eigenvalue weighted by Crippen LogP contribution is -2.36. The third kappa shape index (κ3) is 4.45. The molecule has 1 aliphatic heterocycles. The molecule has 1 amide bonds. The van der Waals surface area contributed by atoms with E-state index in [-0.39, 0.29) is 24.4 Å². The van der Waals surface area contributed by atoms with Gasteiger partial charge in [0.1, 0.15) is 0 Å². The van der Waals surface area contributed by atoms with E-state index in [2.05, 4.69) is 5.32 Å². The van der Waals surface area contributed by atoms with Crippen molar-refractivity contribution in [3.63, 3.8) is 0 Å². The molecule has 0 radical (unpaired) electrons. The molecule has 0 spiro atoms. The Labute approximate surface area is 156 Å². The van der Waals surface area contributed by atoms with Gasteiger partial charge in [0.05, 0.1) is 4.90 Å². The lowest BCUT2D eigenvalue weighted by molar-refractivity contribution is -0.122. The van der Waals surface area contributed by atoms with Crippen LogP contribution in [-0.2, 0) is 21.4 Å². The molecule has 6 nitrogen and oxygen atoms in total. The molecule has 1 saturated carbocycles. The van der Waals surface area contributed by atoms with Crippen molar-refractivity contribution in [3.05, 3.63) is 29.8 Å². The van der Waals surface area contributed by atoms with Crippen LogP contribution in [0, 0.1) is 5.92 Å². The SMILES string of the molecule is N[C@@H]1CCC[C@H]1CC(=O)NCc1ccccc1S(=O)(=O)N1CCCCC1. The van der Waals surface area contributed by atoms with E-state index in [0.29, 0.717) is 30.0 Å². The van der Waals surface area contributed by atoms with E-state index in [9.17, 15) is 13.2 Å². The predicted octanol–water partition coefficient (Wildman–Crippen LogP) is 1.99. The monoisotopic (exact) mass is 379 g/mol. The molecule has 0 unspecified atom stereocenters. The van der Waals surface area contributed by atoms with E-state index < -0.39 is 10.0 Å². The van der Waals surface area contributed by atoms with Crippen molar-refractivity contribution in [1.82, 2.24) is 9.62 Å². The van der Waals surface area contributed by atoms with Gasteiger partial charge in [-0.15, -0.1) is 0 Å². The normalized spacial score (nSPS) is 24.5. The summed E-state index contributed by atoms with van der Waals surface area (Å²) in [6.45, 7) is 1.37. The fourth-order valence-corrected chi connectivity index (χ4v) is 5.71. The molecule has 144 valence electrons. The Morgan fingerprint density at radius 2 is 1.85 bits per heavy atom. The maximum absolute atomic E-state index is 13.0. The van der Waals surface area contributed by atoms with Crippen LogP contribution in [0.3, 0.4) is 0 Å². The Morgan fingerprint density at radius 3 is 2.54 bits per heavy atom. The number of piperidine rings is 1. The second-order valence-corrected chi connectivity index (χ2v) is 9.31. The lowest BCUT2D eigenvalue weighted by atomic mass is 10.00. The van der Waals surface area contributed by atoms with Gasteiger partial charge in [-0.1, -0.05) is 31.0 Å². The highest BCUT2D eigenvalue weighted by molar-refractivity contribution is 7.89. The third-order valence-corrected chi connectivity index (χ3v) is 7.55. The van der Waals surface area contributed by atoms with Gasteiger partial charge in [-0.25, -0.2) is 8.42 Å². The Morgan fingerprint density at radius 1 is 1.12 bits per heavy atom. The van der Waals surface area contributed by atoms with E-state index in [4.69, 9.17) is 5.73 Å². The first kappa shape index (κ1) is 19.3. The van der Waals surface area contributed by atoms with Gasteiger partial charge in [-0.2, -0.15) is 4.31 Å². The van der Waals surface area contributed by atoms with Gasteiger partial charge in [0.25, 0.3) is 0 Å². The summed E-state index contributed by atoms with van der Waals surface area (Å²) in [5, 5.41) is 2.88. The molecule has 7 heteroatoms. The van der Waals surface area contributed by atoms with Crippen molar-refractivity contribution in [2.75, 3.05) is 13.1 Å². The zero-order valence-electron chi connectivity index (χ0n) is 15.2. The second-order valence-electron chi connectivity index (χ2n) is 7.41. The van der Waals surface area contributed by atoms with E-state index in [1.54, 1.807) is 22.5 Å². The number of carbonyl (C=O) groups excluding carboxylic acids is 1. The number of rotatable bonds is 6. The summed E-state index contributed by atoms with van der Waals surface area (Å²) >= 11 is 0. The van der Waals surface area contributed by atoms with Crippen LogP contribution in [0.25, 0.3) is 0 Å². The highest BCUT2D eigenvalue weighted by Crippen LogP contribution is 2.27. The number of hydrogen-bond donors (Lipinski definition) is 2. The molecular weight excluding hydrogens is 350 g/mol. The van der Waals surface area contributed by atoms with Gasteiger partial charge < -0.3 is 11.1 Å². The number of carbonyl (C=O) groups is 1. The number of amides is 1. The van der Waals surface area contributed by atoms with E-state index in [1.807, 2.05) is 6.07 Å². The average molecular weight is 380 g/mol. The topological polar surface area (TPSA) is 92.5 Å². The predicted molar refractivity (Wildman–Crippen MR) is 101 cm³/mol. The van der Waals surface area contributed by atoms with Gasteiger partial charge in [-0.05, 0) is 43.2 Å². The highest BCUT2D eigenvalue weighted by atomic mass is 32.2. The maximum Gasteiger partial charge on any atom is 0.243 e. The molecule has 1 aliphatic carbocycles. The third-order valence-electron chi connectivity index (χ3n) is 5.55. The Hall–Kier alpha value is -1.44. The van der Waals surface area contributed by atoms with E-state index in [0.717, 1.165) is 38.5 Å². The molecule has 0 bridgehead atoms. The smallest absolute Gasteiger partial charge is 0.243 e. The van der Waals surface area contributed by atoms with Crippen molar-refractivity contribution in [2.24, 2.45) is 11.7 Å². The molecule has 2 fully saturated rings. The Balaban J connectivity index is 1.66. The molecule has 2 aliphatic rings. The minimum absolute atomic E-state index is 0.0578. The van der Waals surface area contributed by atoms with Crippen molar-refractivity contribution in [1.29, 1.82) is 0 Å². The standard InChI is InChI=1S/C19H29N3O3S/c20-17-9-6-8-15(17)13-19(23)21-14-16-7-2-3-10-18(16)26(24,25)22-11-4-1-5-12-22/h2-3,7,10,15,17H,1,4-6,8-9,11-14,20H2,(H,21,23)/t15-,17+/m0/s1. The molecule has 2 atom stereocenters. The van der Waals surface area contributed by atoms with Crippen molar-refractivity contribution >= 4 is 15.9 Å². The first-order chi connectivity index (χ1) is 12.5. The summed E-state index contributed by atoms with van der Waals surface area (Å²) < 4.78 is 27.5. The molecule has 26 heavy (non-hydrogen) atoms. The van der Waals surface area contributed by atoms with Crippen molar-refractivity contribution < 1.29 is 13.2 Å². The number of nitrogens with zero attached hydrogens (tertiary/aromatic N) is 1. The van der Waals surface area contributed by atoms with Crippen LogP contribution in [0.15, 0.2) is 29.2 Å². The zero-order valence-corrected chi connectivity index (χ0v) is 16.0. The minimum atomic E-state index is -3.51. The van der Waals surface area contributed by atoms with Crippen molar-refractivity contribution in [2.45, 2.75) is 62.4 Å². The van der Waals surface area contributed by atoms with Crippen LogP contribution < -0.4 is 11.1 Å². The fraction of sp³-hybridized carbons (Fsp3) is 0.632. The summed E-state index contributed by atoms with van der Waals surface area (Å²) in [5.74, 6) is 0.180. The second kappa shape index (κ2) is 8.50. The summed E-state index contributed by atoms with van der Waals surface area (Å²) in [6, 6.07) is 7.06. The zero-order chi connectivity index (χ0) is 18.6. The van der Waals surface area contributed by atoms with Gasteiger partial charge in [0, 0.05) is 32.1 Å². The first-order valence-electron chi connectivity index (χ1n) is 9.59. The van der Waals surface area contributed by atoms with Crippen LogP contribution in [0.1, 0.15) is 50.5 Å². The van der Waals surface area contributed by atoms with Gasteiger partial charge in [0.15, 0.2) is 0 Å². The largest absolute Gasteiger partial charge is 0.352 e. The molecular formula is C19H29N3O3S. The number of hydrogen-bond acceptors (Lipinski definition) is 4. The summed E-state index contributed by atoms with van der Waals surface area (Å²) in [5.41, 5.74) is 6.67. The summed E-state index contributed by atoms with van der Waals surface area (Å²) in [4.78, 5) is 12.6. The molecule has 1 aromatic rings. The van der Waals surface area contributed by atoms with Crippen molar-refractivity contribution in [3.8, 4) is 0 Å². The van der Waals surface area contributed by atoms with Crippen LogP contribution in [0.2, 0.25) is 0 Å². The van der Waals surface area contributed by atoms with Gasteiger partial charge >= 0.3 is 0 Å². The molecule has 3 rings (SSSR count). The molecule has 3 N–H and O–H groups in total. The average Bonchev–Trinajstić information content (AvgIpc) is 3.05. The minimum Gasteiger partial charge on any atom is -0.352 e. The first-order valence-corrected chi connectivity index (χ1v) is 11.0. The maximum atomic E-state index is 13.0. The lowest BCUT2D eigenvalue weighted by Gasteiger charge is -2.27. The summed E-state index contributed by atoms with van der Waals surface area (Å²) in [7, 11) is -3.51. The van der Waals surface area contributed by atoms with Crippen LogP contribution >= 0.6 is 0 Å². The number of nitrogens with one attached hydrogen (secondary N) is 1. The van der Waals surface area contributed by atoms with Gasteiger partial charge in [0.2, 0.25) is 15.9 Å². The summed E-state index contributed by atoms with van der Waals surface area (Å²) in [6.07, 6.45) is 6.36. The molecule has 1 aromatic carbocycles. The Kier molecular flexibility index (Phi) is 6.32. The molecule has 1 saturated heterocycles. The Bertz CT molecular complexity index is 729. The van der Waals surface area contributed by atoms with E-state index in [1.165, 1.54) is 0 Å². The highest BCUT2D eigenvalue weighted by Gasteiger charge is 2.29. The van der Waals surface area contributed by atoms with E-state index >= 15 is 0 Å². The fourth-order valence-electron chi connectivity index (χ4n) is 3.97.